The molecule has 3 heterocycles. The molecule has 0 bridgehead atoms. The third-order valence-corrected chi connectivity index (χ3v) is 8.35. The van der Waals surface area contributed by atoms with E-state index in [1.54, 1.807) is 6.92 Å². The molecule has 2 aromatic heterocycles. The summed E-state index contributed by atoms with van der Waals surface area (Å²) in [5.74, 6) is -0.211. The number of rotatable bonds is 10. The Hall–Kier alpha value is -1.89. The Morgan fingerprint density at radius 1 is 1.08 bits per heavy atom. The lowest BCUT2D eigenvalue weighted by molar-refractivity contribution is -0.0540. The number of aliphatic hydroxyl groups excluding tert-OH is 2. The zero-order valence-corrected chi connectivity index (χ0v) is 20.7. The Morgan fingerprint density at radius 3 is 2.33 bits per heavy atom. The van der Waals surface area contributed by atoms with Crippen LogP contribution >= 0.6 is 23.5 Å². The van der Waals surface area contributed by atoms with Crippen LogP contribution in [0.2, 0.25) is 0 Å². The largest absolute Gasteiger partial charge is 0.490 e. The molecule has 0 spiro atoms. The second kappa shape index (κ2) is 10.5. The maximum Gasteiger partial charge on any atom is 0.490 e. The summed E-state index contributed by atoms with van der Waals surface area (Å²) >= 11 is 0. The van der Waals surface area contributed by atoms with Gasteiger partial charge in [0.2, 0.25) is 0 Å². The number of aromatic nitrogens is 5. The van der Waals surface area contributed by atoms with Gasteiger partial charge in [-0.2, -0.15) is 13.6 Å². The van der Waals surface area contributed by atoms with Crippen molar-refractivity contribution >= 4 is 29.3 Å². The lowest BCUT2D eigenvalue weighted by Crippen LogP contribution is -2.36. The van der Waals surface area contributed by atoms with Gasteiger partial charge < -0.3 is 40.3 Å². The number of anilines is 1. The first-order chi connectivity index (χ1) is 16.5. The van der Waals surface area contributed by atoms with E-state index in [-0.39, 0.29) is 17.1 Å². The normalized spacial score (nSPS) is 26.0. The van der Waals surface area contributed by atoms with Gasteiger partial charge in [-0.1, -0.05) is 5.21 Å². The number of nitrogens with zero attached hydrogens (tertiary/aromatic N) is 5. The quantitative estimate of drug-likeness (QED) is 0.151. The first-order valence-corrected chi connectivity index (χ1v) is 14.1. The molecule has 1 saturated heterocycles. The van der Waals surface area contributed by atoms with Gasteiger partial charge in [-0.15, -0.1) is 5.10 Å². The van der Waals surface area contributed by atoms with Crippen LogP contribution in [0.3, 0.4) is 0 Å². The molecule has 202 valence electrons. The first kappa shape index (κ1) is 28.7. The zero-order valence-electron chi connectivity index (χ0n) is 18.0. The first-order valence-electron chi connectivity index (χ1n) is 9.61. The molecule has 0 saturated carbocycles. The SMILES string of the molecule is CCn1cc(-c2cn([C@@H]3O[C@H](COP(=O)(O)OP(=O)(O)OP(=O)(O)O)C(O)[C@@H]3O)c(=O)nc2N)nn1. The minimum atomic E-state index is -5.76. The Bertz CT molecular complexity index is 1310. The summed E-state index contributed by atoms with van der Waals surface area (Å²) in [5.41, 5.74) is 5.16. The van der Waals surface area contributed by atoms with Crippen LogP contribution in [-0.2, 0) is 38.1 Å². The Labute approximate surface area is 200 Å². The second-order valence-electron chi connectivity index (χ2n) is 7.12. The van der Waals surface area contributed by atoms with Gasteiger partial charge in [-0.25, -0.2) is 18.5 Å². The standard InChI is InChI=1S/C13H21N6O14P3/c1-2-18-4-7(16-17-18)6-3-19(13(22)15-11(6)14)12-10(21)9(20)8(31-12)5-30-35(26,27)33-36(28,29)32-34(23,24)25/h3-4,8-10,12,20-21H,2,5H2,1H3,(H,26,27)(H,28,29)(H2,14,15,22)(H2,23,24,25)/t8-,9?,10+,12-/m1/s1. The molecule has 20 nitrogen and oxygen atoms in total. The molecule has 3 rings (SSSR count). The van der Waals surface area contributed by atoms with E-state index in [1.807, 2.05) is 0 Å². The zero-order chi connectivity index (χ0) is 27.1. The highest BCUT2D eigenvalue weighted by atomic mass is 31.3. The predicted molar refractivity (Wildman–Crippen MR) is 113 cm³/mol. The third kappa shape index (κ3) is 6.90. The molecule has 3 unspecified atom stereocenters. The van der Waals surface area contributed by atoms with E-state index in [2.05, 4.69) is 28.4 Å². The van der Waals surface area contributed by atoms with Crippen LogP contribution in [-0.4, -0.2) is 79.3 Å². The van der Waals surface area contributed by atoms with Crippen molar-refractivity contribution in [1.82, 2.24) is 24.5 Å². The molecule has 1 aliphatic rings. The molecule has 2 aromatic rings. The van der Waals surface area contributed by atoms with Crippen molar-refractivity contribution in [2.45, 2.75) is 38.0 Å². The fourth-order valence-electron chi connectivity index (χ4n) is 3.01. The molecule has 0 aliphatic carbocycles. The van der Waals surface area contributed by atoms with Crippen LogP contribution in [0, 0.1) is 0 Å². The van der Waals surface area contributed by atoms with Gasteiger partial charge in [0, 0.05) is 12.7 Å². The van der Waals surface area contributed by atoms with Gasteiger partial charge in [-0.3, -0.25) is 13.8 Å². The minimum absolute atomic E-state index is 0.135. The summed E-state index contributed by atoms with van der Waals surface area (Å²) in [4.78, 5) is 51.8. The van der Waals surface area contributed by atoms with Crippen molar-refractivity contribution in [3.63, 3.8) is 0 Å². The Morgan fingerprint density at radius 2 is 1.75 bits per heavy atom. The van der Waals surface area contributed by atoms with Crippen molar-refractivity contribution in [3.05, 3.63) is 22.9 Å². The second-order valence-corrected chi connectivity index (χ2v) is 11.5. The van der Waals surface area contributed by atoms with Crippen LogP contribution in [0.1, 0.15) is 13.2 Å². The number of hydrogen-bond acceptors (Lipinski definition) is 14. The van der Waals surface area contributed by atoms with Crippen molar-refractivity contribution in [2.75, 3.05) is 12.3 Å². The fourth-order valence-corrected chi connectivity index (χ4v) is 6.03. The van der Waals surface area contributed by atoms with Crippen LogP contribution < -0.4 is 11.4 Å². The van der Waals surface area contributed by atoms with Gasteiger partial charge in [0.1, 0.15) is 29.8 Å². The average molecular weight is 578 g/mol. The summed E-state index contributed by atoms with van der Waals surface area (Å²) in [6.07, 6.45) is -4.19. The molecule has 0 amide bonds. The summed E-state index contributed by atoms with van der Waals surface area (Å²) < 4.78 is 53.1. The van der Waals surface area contributed by atoms with Crippen LogP contribution in [0.4, 0.5) is 5.82 Å². The average Bonchev–Trinajstić information content (AvgIpc) is 3.30. The maximum absolute atomic E-state index is 12.4. The number of aryl methyl sites for hydroxylation is 1. The number of ether oxygens (including phenoxy) is 1. The number of phosphoric ester groups is 1. The van der Waals surface area contributed by atoms with Crippen molar-refractivity contribution in [3.8, 4) is 11.3 Å². The lowest BCUT2D eigenvalue weighted by Gasteiger charge is -2.19. The van der Waals surface area contributed by atoms with Crippen molar-refractivity contribution in [2.24, 2.45) is 0 Å². The van der Waals surface area contributed by atoms with Crippen molar-refractivity contribution < 1.29 is 61.4 Å². The highest BCUT2D eigenvalue weighted by Gasteiger charge is 2.47. The van der Waals surface area contributed by atoms with E-state index in [1.165, 1.54) is 10.9 Å². The molecule has 0 radical (unpaired) electrons. The van der Waals surface area contributed by atoms with E-state index in [4.69, 9.17) is 20.3 Å². The van der Waals surface area contributed by atoms with Gasteiger partial charge in [0.15, 0.2) is 6.23 Å². The number of nitrogen functional groups attached to an aromatic ring is 1. The van der Waals surface area contributed by atoms with E-state index >= 15 is 0 Å². The highest BCUT2D eigenvalue weighted by Crippen LogP contribution is 2.66. The minimum Gasteiger partial charge on any atom is -0.387 e. The molecule has 36 heavy (non-hydrogen) atoms. The van der Waals surface area contributed by atoms with E-state index in [0.29, 0.717) is 6.54 Å². The monoisotopic (exact) mass is 578 g/mol. The predicted octanol–water partition coefficient (Wildman–Crippen LogP) is -1.93. The number of phosphoric acid groups is 3. The van der Waals surface area contributed by atoms with E-state index in [0.717, 1.165) is 10.8 Å². The molecule has 1 fully saturated rings. The molecule has 0 aromatic carbocycles. The summed E-state index contributed by atoms with van der Waals surface area (Å²) in [7, 11) is -16.9. The number of aliphatic hydroxyl groups is 2. The Kier molecular flexibility index (Phi) is 8.34. The highest BCUT2D eigenvalue weighted by molar-refractivity contribution is 7.66. The van der Waals surface area contributed by atoms with E-state index in [9.17, 15) is 38.5 Å². The molecule has 1 aliphatic heterocycles. The van der Waals surface area contributed by atoms with Gasteiger partial charge in [0.05, 0.1) is 18.4 Å². The summed E-state index contributed by atoms with van der Waals surface area (Å²) in [5, 5.41) is 28.4. The van der Waals surface area contributed by atoms with Gasteiger partial charge >= 0.3 is 29.2 Å². The smallest absolute Gasteiger partial charge is 0.387 e. The molecule has 6 atom stereocenters. The maximum atomic E-state index is 12.4. The van der Waals surface area contributed by atoms with Gasteiger partial charge in [-0.05, 0) is 6.92 Å². The molecular weight excluding hydrogens is 557 g/mol. The van der Waals surface area contributed by atoms with Crippen molar-refractivity contribution in [1.29, 1.82) is 0 Å². The summed E-state index contributed by atoms with van der Waals surface area (Å²) in [6.45, 7) is 1.22. The molecule has 23 heteroatoms. The third-order valence-electron chi connectivity index (χ3n) is 4.55. The Balaban J connectivity index is 1.76. The van der Waals surface area contributed by atoms with E-state index < -0.39 is 60.3 Å². The number of nitrogens with two attached hydrogens (primary N) is 1. The topological polar surface area (TPSA) is 301 Å². The van der Waals surface area contributed by atoms with Crippen LogP contribution in [0.25, 0.3) is 11.3 Å². The van der Waals surface area contributed by atoms with Crippen LogP contribution in [0.15, 0.2) is 17.2 Å². The van der Waals surface area contributed by atoms with Crippen LogP contribution in [0.5, 0.6) is 0 Å². The number of hydrogen-bond donors (Lipinski definition) is 7. The molecular formula is C13H21N6O14P3. The van der Waals surface area contributed by atoms with Gasteiger partial charge in [0.25, 0.3) is 0 Å². The molecule has 8 N–H and O–H groups in total. The summed E-state index contributed by atoms with van der Waals surface area (Å²) in [6, 6.07) is 0. The fraction of sp³-hybridized carbons (Fsp3) is 0.538. The lowest BCUT2D eigenvalue weighted by atomic mass is 10.1.